The average molecular weight is 169 g/mol. The first-order valence-electron chi connectivity index (χ1n) is 5.23. The smallest absolute Gasteiger partial charge is 0.0468 e. The predicted molar refractivity (Wildman–Crippen MR) is 49.1 cm³/mol. The Morgan fingerprint density at radius 3 is 2.25 bits per heavy atom. The number of nitrogens with one attached hydrogen (secondary N) is 1. The molecule has 2 nitrogen and oxygen atoms in total. The number of rotatable bonds is 3. The standard InChI is InChI=1S/C10H19NO/c1(2-10-7-11-8-10)9-3-5-12-6-4-9/h9-11H,1-8H2. The lowest BCUT2D eigenvalue weighted by molar-refractivity contribution is 0.0609. The van der Waals surface area contributed by atoms with Crippen LogP contribution < -0.4 is 5.32 Å². The Hall–Kier alpha value is -0.0800. The molecule has 0 aromatic carbocycles. The molecule has 0 atom stereocenters. The number of hydrogen-bond acceptors (Lipinski definition) is 2. The van der Waals surface area contributed by atoms with Gasteiger partial charge < -0.3 is 10.1 Å². The third-order valence-electron chi connectivity index (χ3n) is 3.19. The molecule has 2 fully saturated rings. The minimum absolute atomic E-state index is 0.972. The molecule has 0 aliphatic carbocycles. The first-order valence-corrected chi connectivity index (χ1v) is 5.23. The lowest BCUT2D eigenvalue weighted by Crippen LogP contribution is -2.42. The first kappa shape index (κ1) is 8.52. The Morgan fingerprint density at radius 1 is 1.00 bits per heavy atom. The Balaban J connectivity index is 1.58. The Bertz CT molecular complexity index is 128. The lowest BCUT2D eigenvalue weighted by Gasteiger charge is -2.29. The maximum Gasteiger partial charge on any atom is 0.0468 e. The van der Waals surface area contributed by atoms with Gasteiger partial charge >= 0.3 is 0 Å². The van der Waals surface area contributed by atoms with E-state index in [1.807, 2.05) is 0 Å². The van der Waals surface area contributed by atoms with Crippen LogP contribution in [0.25, 0.3) is 0 Å². The summed E-state index contributed by atoms with van der Waals surface area (Å²) in [5.41, 5.74) is 0. The number of hydrogen-bond donors (Lipinski definition) is 1. The highest BCUT2D eigenvalue weighted by Gasteiger charge is 2.19. The maximum absolute atomic E-state index is 5.33. The van der Waals surface area contributed by atoms with Crippen LogP contribution in [0.1, 0.15) is 25.7 Å². The van der Waals surface area contributed by atoms with E-state index in [-0.39, 0.29) is 0 Å². The van der Waals surface area contributed by atoms with Crippen LogP contribution in [0, 0.1) is 11.8 Å². The van der Waals surface area contributed by atoms with E-state index >= 15 is 0 Å². The molecule has 2 aliphatic rings. The van der Waals surface area contributed by atoms with Crippen molar-refractivity contribution in [2.45, 2.75) is 25.7 Å². The van der Waals surface area contributed by atoms with Gasteiger partial charge in [0.05, 0.1) is 0 Å². The Kier molecular flexibility index (Phi) is 3.01. The molecule has 0 amide bonds. The van der Waals surface area contributed by atoms with E-state index in [0.29, 0.717) is 0 Å². The molecule has 2 rings (SSSR count). The van der Waals surface area contributed by atoms with Crippen molar-refractivity contribution in [2.24, 2.45) is 11.8 Å². The highest BCUT2D eigenvalue weighted by Crippen LogP contribution is 2.23. The van der Waals surface area contributed by atoms with Crippen LogP contribution in [0.3, 0.4) is 0 Å². The monoisotopic (exact) mass is 169 g/mol. The van der Waals surface area contributed by atoms with Crippen molar-refractivity contribution >= 4 is 0 Å². The van der Waals surface area contributed by atoms with Crippen molar-refractivity contribution in [3.63, 3.8) is 0 Å². The van der Waals surface area contributed by atoms with Crippen molar-refractivity contribution in [1.82, 2.24) is 5.32 Å². The van der Waals surface area contributed by atoms with E-state index in [1.54, 1.807) is 0 Å². The summed E-state index contributed by atoms with van der Waals surface area (Å²) in [6.07, 6.45) is 5.49. The van der Waals surface area contributed by atoms with Crippen LogP contribution in [-0.2, 0) is 4.74 Å². The summed E-state index contributed by atoms with van der Waals surface area (Å²) in [7, 11) is 0. The zero-order valence-corrected chi connectivity index (χ0v) is 7.72. The quantitative estimate of drug-likeness (QED) is 0.689. The maximum atomic E-state index is 5.33. The van der Waals surface area contributed by atoms with Crippen LogP contribution in [-0.4, -0.2) is 26.3 Å². The van der Waals surface area contributed by atoms with Crippen LogP contribution in [0.4, 0.5) is 0 Å². The van der Waals surface area contributed by atoms with Gasteiger partial charge in [-0.05, 0) is 50.6 Å². The first-order chi connectivity index (χ1) is 5.95. The van der Waals surface area contributed by atoms with Gasteiger partial charge in [0.1, 0.15) is 0 Å². The summed E-state index contributed by atoms with van der Waals surface area (Å²) in [5.74, 6) is 1.96. The highest BCUT2D eigenvalue weighted by atomic mass is 16.5. The summed E-state index contributed by atoms with van der Waals surface area (Å²) in [5, 5.41) is 3.32. The van der Waals surface area contributed by atoms with E-state index in [4.69, 9.17) is 4.74 Å². The molecule has 2 heteroatoms. The van der Waals surface area contributed by atoms with Gasteiger partial charge in [0, 0.05) is 13.2 Å². The summed E-state index contributed by atoms with van der Waals surface area (Å²) in [4.78, 5) is 0. The molecule has 1 N–H and O–H groups in total. The summed E-state index contributed by atoms with van der Waals surface area (Å²) < 4.78 is 5.33. The second-order valence-corrected chi connectivity index (χ2v) is 4.16. The molecular formula is C10H19NO. The zero-order chi connectivity index (χ0) is 8.23. The summed E-state index contributed by atoms with van der Waals surface area (Å²) in [6.45, 7) is 4.55. The second kappa shape index (κ2) is 4.24. The van der Waals surface area contributed by atoms with Crippen LogP contribution in [0.5, 0.6) is 0 Å². The third kappa shape index (κ3) is 2.20. The van der Waals surface area contributed by atoms with E-state index in [0.717, 1.165) is 25.0 Å². The Morgan fingerprint density at radius 2 is 1.67 bits per heavy atom. The minimum Gasteiger partial charge on any atom is -0.381 e. The molecule has 12 heavy (non-hydrogen) atoms. The third-order valence-corrected chi connectivity index (χ3v) is 3.19. The highest BCUT2D eigenvalue weighted by molar-refractivity contribution is 4.76. The van der Waals surface area contributed by atoms with Crippen LogP contribution in [0.2, 0.25) is 0 Å². The summed E-state index contributed by atoms with van der Waals surface area (Å²) >= 11 is 0. The molecule has 0 bridgehead atoms. The second-order valence-electron chi connectivity index (χ2n) is 4.16. The van der Waals surface area contributed by atoms with Crippen LogP contribution >= 0.6 is 0 Å². The molecular weight excluding hydrogens is 150 g/mol. The average Bonchev–Trinajstić information content (AvgIpc) is 2.04. The molecule has 70 valence electrons. The van der Waals surface area contributed by atoms with Crippen LogP contribution in [0.15, 0.2) is 0 Å². The van der Waals surface area contributed by atoms with E-state index < -0.39 is 0 Å². The largest absolute Gasteiger partial charge is 0.381 e. The topological polar surface area (TPSA) is 21.3 Å². The molecule has 2 heterocycles. The van der Waals surface area contributed by atoms with Crippen molar-refractivity contribution in [1.29, 1.82) is 0 Å². The van der Waals surface area contributed by atoms with Crippen molar-refractivity contribution in [3.8, 4) is 0 Å². The van der Waals surface area contributed by atoms with Gasteiger partial charge in [0.2, 0.25) is 0 Å². The molecule has 0 radical (unpaired) electrons. The van der Waals surface area contributed by atoms with E-state index in [2.05, 4.69) is 5.32 Å². The summed E-state index contributed by atoms with van der Waals surface area (Å²) in [6, 6.07) is 0. The normalized spacial score (nSPS) is 27.0. The van der Waals surface area contributed by atoms with Gasteiger partial charge in [-0.25, -0.2) is 0 Å². The zero-order valence-electron chi connectivity index (χ0n) is 7.72. The van der Waals surface area contributed by atoms with Gasteiger partial charge in [-0.15, -0.1) is 0 Å². The molecule has 0 unspecified atom stereocenters. The molecule has 0 spiro atoms. The SMILES string of the molecule is C1CC(CCC2CNC2)CCO1. The fraction of sp³-hybridized carbons (Fsp3) is 1.00. The molecule has 0 aromatic heterocycles. The lowest BCUT2D eigenvalue weighted by atomic mass is 9.88. The van der Waals surface area contributed by atoms with Gasteiger partial charge in [-0.2, -0.15) is 0 Å². The van der Waals surface area contributed by atoms with Gasteiger partial charge in [-0.1, -0.05) is 0 Å². The predicted octanol–water partition coefficient (Wildman–Crippen LogP) is 1.41. The molecule has 0 aromatic rings. The van der Waals surface area contributed by atoms with E-state index in [1.165, 1.54) is 38.8 Å². The molecule has 2 aliphatic heterocycles. The van der Waals surface area contributed by atoms with Crippen molar-refractivity contribution < 1.29 is 4.74 Å². The van der Waals surface area contributed by atoms with Crippen molar-refractivity contribution in [2.75, 3.05) is 26.3 Å². The fourth-order valence-corrected chi connectivity index (χ4v) is 2.06. The van der Waals surface area contributed by atoms with Gasteiger partial charge in [0.15, 0.2) is 0 Å². The van der Waals surface area contributed by atoms with Gasteiger partial charge in [-0.3, -0.25) is 0 Å². The number of ether oxygens (including phenoxy) is 1. The molecule has 2 saturated heterocycles. The van der Waals surface area contributed by atoms with E-state index in [9.17, 15) is 0 Å². The van der Waals surface area contributed by atoms with Crippen molar-refractivity contribution in [3.05, 3.63) is 0 Å². The molecule has 0 saturated carbocycles. The van der Waals surface area contributed by atoms with Gasteiger partial charge in [0.25, 0.3) is 0 Å². The fourth-order valence-electron chi connectivity index (χ4n) is 2.06. The minimum atomic E-state index is 0.972. The Labute approximate surface area is 74.7 Å².